The Morgan fingerprint density at radius 3 is 2.73 bits per heavy atom. The van der Waals surface area contributed by atoms with Crippen molar-refractivity contribution in [1.82, 2.24) is 4.98 Å². The minimum Gasteiger partial charge on any atom is -0.422 e. The van der Waals surface area contributed by atoms with Crippen LogP contribution in [0.3, 0.4) is 0 Å². The van der Waals surface area contributed by atoms with Crippen molar-refractivity contribution in [3.05, 3.63) is 82.8 Å². The van der Waals surface area contributed by atoms with Crippen LogP contribution in [0.4, 0.5) is 5.13 Å². The predicted octanol–water partition coefficient (Wildman–Crippen LogP) is 4.75. The molecule has 0 aliphatic carbocycles. The lowest BCUT2D eigenvalue weighted by atomic mass is 10.1. The van der Waals surface area contributed by atoms with E-state index in [1.165, 1.54) is 11.3 Å². The highest BCUT2D eigenvalue weighted by Gasteiger charge is 2.11. The Bertz CT molecular complexity index is 1150. The number of aromatic nitrogens is 1. The van der Waals surface area contributed by atoms with Gasteiger partial charge in [-0.3, -0.25) is 5.43 Å². The molecule has 0 bridgehead atoms. The molecule has 26 heavy (non-hydrogen) atoms. The Kier molecular flexibility index (Phi) is 4.33. The van der Waals surface area contributed by atoms with E-state index in [1.807, 2.05) is 61.5 Å². The number of hydrazone groups is 1. The van der Waals surface area contributed by atoms with Crippen LogP contribution in [0.1, 0.15) is 12.5 Å². The topological polar surface area (TPSA) is 67.5 Å². The summed E-state index contributed by atoms with van der Waals surface area (Å²) >= 11 is 1.36. The summed E-state index contributed by atoms with van der Waals surface area (Å²) in [6.45, 7) is 1.93. The number of benzene rings is 2. The Morgan fingerprint density at radius 2 is 1.88 bits per heavy atom. The molecule has 5 nitrogen and oxygen atoms in total. The molecule has 2 aromatic carbocycles. The van der Waals surface area contributed by atoms with Gasteiger partial charge in [0, 0.05) is 11.6 Å². The van der Waals surface area contributed by atoms with Gasteiger partial charge in [0.05, 0.1) is 16.2 Å². The number of para-hydroxylation sites is 1. The van der Waals surface area contributed by atoms with Crippen LogP contribution in [0.2, 0.25) is 0 Å². The normalized spacial score (nSPS) is 11.7. The first kappa shape index (κ1) is 16.2. The Morgan fingerprint density at radius 1 is 1.12 bits per heavy atom. The van der Waals surface area contributed by atoms with Gasteiger partial charge in [0.2, 0.25) is 5.13 Å². The monoisotopic (exact) mass is 361 g/mol. The molecule has 0 atom stereocenters. The van der Waals surface area contributed by atoms with Gasteiger partial charge in [-0.1, -0.05) is 59.9 Å². The van der Waals surface area contributed by atoms with Crippen LogP contribution in [0, 0.1) is 0 Å². The smallest absolute Gasteiger partial charge is 0.345 e. The highest BCUT2D eigenvalue weighted by atomic mass is 32.1. The van der Waals surface area contributed by atoms with Crippen LogP contribution in [0.25, 0.3) is 21.4 Å². The van der Waals surface area contributed by atoms with E-state index in [4.69, 9.17) is 4.42 Å². The zero-order valence-electron chi connectivity index (χ0n) is 14.0. The third kappa shape index (κ3) is 3.27. The number of anilines is 1. The van der Waals surface area contributed by atoms with E-state index in [0.29, 0.717) is 16.3 Å². The fourth-order valence-electron chi connectivity index (χ4n) is 2.56. The van der Waals surface area contributed by atoms with E-state index < -0.39 is 0 Å². The van der Waals surface area contributed by atoms with Crippen molar-refractivity contribution in [2.45, 2.75) is 6.92 Å². The maximum absolute atomic E-state index is 12.3. The second kappa shape index (κ2) is 6.93. The molecular formula is C20H15N3O2S. The third-order valence-electron chi connectivity index (χ3n) is 3.92. The quantitative estimate of drug-likeness (QED) is 0.323. The number of nitrogens with one attached hydrogen (secondary N) is 1. The van der Waals surface area contributed by atoms with E-state index in [0.717, 1.165) is 21.5 Å². The maximum Gasteiger partial charge on any atom is 0.345 e. The van der Waals surface area contributed by atoms with E-state index in [1.54, 1.807) is 12.3 Å². The molecule has 0 spiro atoms. The standard InChI is InChI=1S/C20H15N3O2S/c1-13(14-7-3-2-4-8-14)22-23-20-21-12-18(26-20)16-11-15-9-5-6-10-17(15)25-19(16)24/h2-12H,1H3,(H,21,23). The first-order valence-electron chi connectivity index (χ1n) is 8.05. The number of hydrogen-bond donors (Lipinski definition) is 1. The molecule has 4 aromatic rings. The molecule has 0 amide bonds. The first-order chi connectivity index (χ1) is 12.7. The molecule has 0 aliphatic rings. The lowest BCUT2D eigenvalue weighted by Crippen LogP contribution is -2.01. The van der Waals surface area contributed by atoms with Crippen molar-refractivity contribution in [1.29, 1.82) is 0 Å². The zero-order valence-corrected chi connectivity index (χ0v) is 14.8. The lowest BCUT2D eigenvalue weighted by Gasteiger charge is -2.00. The Labute approximate surface area is 153 Å². The summed E-state index contributed by atoms with van der Waals surface area (Å²) in [5.74, 6) is 0. The summed E-state index contributed by atoms with van der Waals surface area (Å²) in [6, 6.07) is 19.2. The van der Waals surface area contributed by atoms with Crippen molar-refractivity contribution in [3.63, 3.8) is 0 Å². The van der Waals surface area contributed by atoms with E-state index in [2.05, 4.69) is 15.5 Å². The van der Waals surface area contributed by atoms with Gasteiger partial charge in [-0.05, 0) is 24.6 Å². The predicted molar refractivity (Wildman–Crippen MR) is 106 cm³/mol. The SMILES string of the molecule is CC(=NNc1ncc(-c2cc3ccccc3oc2=O)s1)c1ccccc1. The van der Waals surface area contributed by atoms with Crippen LogP contribution >= 0.6 is 11.3 Å². The van der Waals surface area contributed by atoms with Crippen molar-refractivity contribution >= 4 is 33.1 Å². The second-order valence-corrected chi connectivity index (χ2v) is 6.72. The number of rotatable bonds is 4. The van der Waals surface area contributed by atoms with Gasteiger partial charge in [-0.25, -0.2) is 9.78 Å². The highest BCUT2D eigenvalue weighted by molar-refractivity contribution is 7.18. The van der Waals surface area contributed by atoms with Crippen LogP contribution in [0.15, 0.2) is 81.2 Å². The second-order valence-electron chi connectivity index (χ2n) is 5.69. The summed E-state index contributed by atoms with van der Waals surface area (Å²) in [4.78, 5) is 17.3. The van der Waals surface area contributed by atoms with Gasteiger partial charge in [-0.2, -0.15) is 5.10 Å². The fourth-order valence-corrected chi connectivity index (χ4v) is 3.32. The van der Waals surface area contributed by atoms with Gasteiger partial charge >= 0.3 is 5.63 Å². The van der Waals surface area contributed by atoms with Crippen molar-refractivity contribution in [2.75, 3.05) is 5.43 Å². The average Bonchev–Trinajstić information content (AvgIpc) is 3.15. The largest absolute Gasteiger partial charge is 0.422 e. The van der Waals surface area contributed by atoms with Gasteiger partial charge in [-0.15, -0.1) is 0 Å². The fraction of sp³-hybridized carbons (Fsp3) is 0.0500. The van der Waals surface area contributed by atoms with Crippen LogP contribution < -0.4 is 11.1 Å². The van der Waals surface area contributed by atoms with E-state index >= 15 is 0 Å². The zero-order chi connectivity index (χ0) is 17.9. The van der Waals surface area contributed by atoms with E-state index in [-0.39, 0.29) is 5.63 Å². The minimum absolute atomic E-state index is 0.372. The molecular weight excluding hydrogens is 346 g/mol. The average molecular weight is 361 g/mol. The molecule has 0 aliphatic heterocycles. The number of hydrogen-bond acceptors (Lipinski definition) is 6. The molecule has 4 rings (SSSR count). The van der Waals surface area contributed by atoms with Gasteiger partial charge < -0.3 is 4.42 Å². The molecule has 0 saturated carbocycles. The van der Waals surface area contributed by atoms with Crippen molar-refractivity contribution in [3.8, 4) is 10.4 Å². The maximum atomic E-state index is 12.3. The molecule has 2 heterocycles. The summed E-state index contributed by atoms with van der Waals surface area (Å²) < 4.78 is 5.39. The summed E-state index contributed by atoms with van der Waals surface area (Å²) in [6.07, 6.45) is 1.65. The molecule has 0 unspecified atom stereocenters. The Balaban J connectivity index is 1.61. The van der Waals surface area contributed by atoms with Crippen molar-refractivity contribution in [2.24, 2.45) is 5.10 Å². The molecule has 6 heteroatoms. The van der Waals surface area contributed by atoms with Crippen LogP contribution in [-0.2, 0) is 0 Å². The Hall–Kier alpha value is -3.25. The van der Waals surface area contributed by atoms with Crippen LogP contribution in [-0.4, -0.2) is 10.7 Å². The summed E-state index contributed by atoms with van der Waals surface area (Å²) in [5.41, 5.74) is 5.54. The third-order valence-corrected chi connectivity index (χ3v) is 4.86. The molecule has 0 fully saturated rings. The molecule has 0 saturated heterocycles. The minimum atomic E-state index is -0.372. The molecule has 128 valence electrons. The number of thiazole rings is 1. The number of nitrogens with zero attached hydrogens (tertiary/aromatic N) is 2. The van der Waals surface area contributed by atoms with Gasteiger partial charge in [0.25, 0.3) is 0 Å². The van der Waals surface area contributed by atoms with E-state index in [9.17, 15) is 4.79 Å². The van der Waals surface area contributed by atoms with Gasteiger partial charge in [0.15, 0.2) is 0 Å². The van der Waals surface area contributed by atoms with Crippen molar-refractivity contribution < 1.29 is 4.42 Å². The summed E-state index contributed by atoms with van der Waals surface area (Å²) in [5, 5.41) is 5.85. The van der Waals surface area contributed by atoms with Gasteiger partial charge in [0.1, 0.15) is 5.58 Å². The van der Waals surface area contributed by atoms with Crippen LogP contribution in [0.5, 0.6) is 0 Å². The number of fused-ring (bicyclic) bond motifs is 1. The molecule has 0 radical (unpaired) electrons. The lowest BCUT2D eigenvalue weighted by molar-refractivity contribution is 0.563. The summed E-state index contributed by atoms with van der Waals surface area (Å²) in [7, 11) is 0. The molecule has 2 aromatic heterocycles. The first-order valence-corrected chi connectivity index (χ1v) is 8.87. The highest BCUT2D eigenvalue weighted by Crippen LogP contribution is 2.28. The molecule has 1 N–H and O–H groups in total.